The molecule has 2 aliphatic carbocycles. The highest BCUT2D eigenvalue weighted by atomic mass is 35.5. The van der Waals surface area contributed by atoms with Gasteiger partial charge in [-0.3, -0.25) is 9.59 Å². The third kappa shape index (κ3) is 3.78. The van der Waals surface area contributed by atoms with Crippen LogP contribution in [-0.4, -0.2) is 53.8 Å². The molecule has 5 rings (SSSR count). The number of aromatic hydroxyl groups is 2. The number of carbonyl (C=O) groups is 2. The van der Waals surface area contributed by atoms with Crippen LogP contribution in [-0.2, 0) is 11.8 Å². The van der Waals surface area contributed by atoms with Crippen LogP contribution in [0.1, 0.15) is 51.3 Å². The molecule has 0 spiro atoms. The first-order valence-electron chi connectivity index (χ1n) is 12.7. The van der Waals surface area contributed by atoms with Crippen LogP contribution in [0.2, 0.25) is 20.1 Å². The molecule has 0 aromatic heterocycles. The standard InChI is InChI=1S/C30H26Cl4O8/c1-10-17(13(40-4)9-15(42-6)21(10)31)11-7-14(41-5)22(32)12-8-16-29(2,3)20-19(25(35)24(34)26(36)23(20)33)28(38)30(16,39)27(37)18(11)12/h7,9,16,35-36,39H,8H2,1-6H3. The summed E-state index contributed by atoms with van der Waals surface area (Å²) in [6.45, 7) is 5.01. The molecule has 0 amide bonds. The fourth-order valence-electron chi connectivity index (χ4n) is 6.46. The van der Waals surface area contributed by atoms with Gasteiger partial charge in [-0.2, -0.15) is 0 Å². The smallest absolute Gasteiger partial charge is 0.206 e. The fraction of sp³-hybridized carbons (Fsp3) is 0.333. The van der Waals surface area contributed by atoms with E-state index in [0.717, 1.165) is 0 Å². The highest BCUT2D eigenvalue weighted by molar-refractivity contribution is 6.41. The van der Waals surface area contributed by atoms with Gasteiger partial charge in [-0.25, -0.2) is 0 Å². The molecule has 2 aliphatic rings. The number of benzene rings is 3. The highest BCUT2D eigenvalue weighted by Gasteiger charge is 2.65. The molecule has 0 saturated carbocycles. The predicted molar refractivity (Wildman–Crippen MR) is 160 cm³/mol. The second-order valence-electron chi connectivity index (χ2n) is 10.9. The molecule has 0 heterocycles. The van der Waals surface area contributed by atoms with Gasteiger partial charge in [-0.05, 0) is 41.5 Å². The third-order valence-corrected chi connectivity index (χ3v) is 10.2. The van der Waals surface area contributed by atoms with E-state index in [1.807, 2.05) is 0 Å². The van der Waals surface area contributed by atoms with Gasteiger partial charge in [0.05, 0.1) is 42.0 Å². The Balaban J connectivity index is 1.89. The number of ketones is 2. The zero-order valence-corrected chi connectivity index (χ0v) is 26.4. The Morgan fingerprint density at radius 1 is 0.762 bits per heavy atom. The van der Waals surface area contributed by atoms with Gasteiger partial charge in [-0.15, -0.1) is 0 Å². The van der Waals surface area contributed by atoms with Crippen molar-refractivity contribution in [1.29, 1.82) is 0 Å². The van der Waals surface area contributed by atoms with Gasteiger partial charge >= 0.3 is 0 Å². The van der Waals surface area contributed by atoms with Gasteiger partial charge in [0.15, 0.2) is 11.4 Å². The van der Waals surface area contributed by atoms with Crippen LogP contribution in [0.25, 0.3) is 11.1 Å². The molecule has 3 aromatic carbocycles. The molecule has 0 aliphatic heterocycles. The number of halogens is 4. The largest absolute Gasteiger partial charge is 0.505 e. The second-order valence-corrected chi connectivity index (χ2v) is 12.4. The van der Waals surface area contributed by atoms with E-state index in [0.29, 0.717) is 28.2 Å². The first-order valence-corrected chi connectivity index (χ1v) is 14.2. The molecular formula is C30H26Cl4O8. The van der Waals surface area contributed by atoms with Gasteiger partial charge in [0.1, 0.15) is 28.0 Å². The minimum Gasteiger partial charge on any atom is -0.505 e. The second kappa shape index (κ2) is 10.1. The summed E-state index contributed by atoms with van der Waals surface area (Å²) in [6.07, 6.45) is -0.0789. The van der Waals surface area contributed by atoms with Crippen LogP contribution in [0.15, 0.2) is 12.1 Å². The van der Waals surface area contributed by atoms with Crippen molar-refractivity contribution in [2.24, 2.45) is 5.92 Å². The molecule has 2 unspecified atom stereocenters. The van der Waals surface area contributed by atoms with Crippen molar-refractivity contribution in [3.63, 3.8) is 0 Å². The Kier molecular flexibility index (Phi) is 7.35. The van der Waals surface area contributed by atoms with E-state index < -0.39 is 50.6 Å². The normalized spacial score (nSPS) is 20.5. The van der Waals surface area contributed by atoms with Crippen LogP contribution in [0.3, 0.4) is 0 Å². The van der Waals surface area contributed by atoms with Crippen molar-refractivity contribution < 1.29 is 39.1 Å². The number of methoxy groups -OCH3 is 3. The van der Waals surface area contributed by atoms with Crippen molar-refractivity contribution in [1.82, 2.24) is 0 Å². The van der Waals surface area contributed by atoms with Crippen LogP contribution < -0.4 is 14.2 Å². The molecule has 3 aromatic rings. The Morgan fingerprint density at radius 2 is 1.31 bits per heavy atom. The lowest BCUT2D eigenvalue weighted by atomic mass is 9.52. The number of Topliss-reactive ketones (excluding diaryl/α,β-unsaturated/α-hetero) is 2. The summed E-state index contributed by atoms with van der Waals surface area (Å²) in [5.41, 5.74) is -2.89. The van der Waals surface area contributed by atoms with Gasteiger partial charge in [-0.1, -0.05) is 60.3 Å². The lowest BCUT2D eigenvalue weighted by Crippen LogP contribution is -2.64. The molecule has 3 N–H and O–H groups in total. The van der Waals surface area contributed by atoms with Crippen molar-refractivity contribution in [3.8, 4) is 39.9 Å². The number of hydrogen-bond donors (Lipinski definition) is 3. The van der Waals surface area contributed by atoms with E-state index >= 15 is 0 Å². The van der Waals surface area contributed by atoms with E-state index in [1.165, 1.54) is 27.4 Å². The lowest BCUT2D eigenvalue weighted by molar-refractivity contribution is -0.0202. The first-order chi connectivity index (χ1) is 19.6. The van der Waals surface area contributed by atoms with Crippen molar-refractivity contribution in [3.05, 3.63) is 60.0 Å². The summed E-state index contributed by atoms with van der Waals surface area (Å²) < 4.78 is 16.6. The SMILES string of the molecule is COc1cc(OC)c(-c2cc(OC)c(Cl)c3c2C(=O)C2(O)C(=O)c4c(O)c(Cl)c(O)c(Cl)c4C(C)(C)C2C3)c(C)c1Cl. The molecule has 0 radical (unpaired) electrons. The number of ether oxygens (including phenoxy) is 3. The number of rotatable bonds is 4. The number of phenols is 2. The Morgan fingerprint density at radius 3 is 1.88 bits per heavy atom. The fourth-order valence-corrected chi connectivity index (χ4v) is 7.66. The number of aliphatic hydroxyl groups is 1. The molecule has 42 heavy (non-hydrogen) atoms. The quantitative estimate of drug-likeness (QED) is 0.258. The van der Waals surface area contributed by atoms with E-state index in [2.05, 4.69) is 0 Å². The zero-order chi connectivity index (χ0) is 31.2. The highest BCUT2D eigenvalue weighted by Crippen LogP contribution is 2.60. The van der Waals surface area contributed by atoms with Gasteiger partial charge in [0.25, 0.3) is 0 Å². The molecule has 0 fully saturated rings. The Hall–Kier alpha value is -2.88. The van der Waals surface area contributed by atoms with E-state index in [1.54, 1.807) is 26.8 Å². The minimum atomic E-state index is -2.67. The zero-order valence-electron chi connectivity index (χ0n) is 23.3. The number of carbonyl (C=O) groups excluding carboxylic acids is 2. The molecule has 0 saturated heterocycles. The third-order valence-electron chi connectivity index (χ3n) is 8.59. The average molecular weight is 656 g/mol. The molecule has 8 nitrogen and oxygen atoms in total. The maximum atomic E-state index is 14.6. The molecular weight excluding hydrogens is 630 g/mol. The van der Waals surface area contributed by atoms with Crippen molar-refractivity contribution in [2.45, 2.75) is 38.2 Å². The lowest BCUT2D eigenvalue weighted by Gasteiger charge is -2.51. The monoisotopic (exact) mass is 654 g/mol. The summed E-state index contributed by atoms with van der Waals surface area (Å²) in [5.74, 6) is -3.72. The van der Waals surface area contributed by atoms with Crippen molar-refractivity contribution >= 4 is 58.0 Å². The Labute approximate surface area is 261 Å². The topological polar surface area (TPSA) is 123 Å². The molecule has 222 valence electrons. The molecule has 0 bridgehead atoms. The molecule has 12 heteroatoms. The predicted octanol–water partition coefficient (Wildman–Crippen LogP) is 6.97. The summed E-state index contributed by atoms with van der Waals surface area (Å²) >= 11 is 26.0. The van der Waals surface area contributed by atoms with Gasteiger partial charge in [0.2, 0.25) is 11.6 Å². The summed E-state index contributed by atoms with van der Waals surface area (Å²) in [6, 6.07) is 3.08. The number of hydrogen-bond acceptors (Lipinski definition) is 8. The maximum Gasteiger partial charge on any atom is 0.206 e. The summed E-state index contributed by atoms with van der Waals surface area (Å²) in [5, 5.41) is 33.2. The average Bonchev–Trinajstić information content (AvgIpc) is 2.95. The van der Waals surface area contributed by atoms with Gasteiger partial charge in [0, 0.05) is 28.7 Å². The Bertz CT molecular complexity index is 1730. The summed E-state index contributed by atoms with van der Waals surface area (Å²) in [4.78, 5) is 28.8. The maximum absolute atomic E-state index is 14.6. The van der Waals surface area contributed by atoms with Crippen LogP contribution in [0.5, 0.6) is 28.7 Å². The van der Waals surface area contributed by atoms with Crippen molar-refractivity contribution in [2.75, 3.05) is 21.3 Å². The van der Waals surface area contributed by atoms with Crippen LogP contribution >= 0.6 is 46.4 Å². The van der Waals surface area contributed by atoms with Crippen LogP contribution in [0.4, 0.5) is 0 Å². The van der Waals surface area contributed by atoms with Gasteiger partial charge < -0.3 is 29.5 Å². The van der Waals surface area contributed by atoms with E-state index in [9.17, 15) is 24.9 Å². The van der Waals surface area contributed by atoms with E-state index in [4.69, 9.17) is 60.6 Å². The number of phenolic OH excluding ortho intramolecular Hbond substituents is 2. The first kappa shape index (κ1) is 30.6. The van der Waals surface area contributed by atoms with Crippen LogP contribution in [0, 0.1) is 12.8 Å². The molecule has 2 atom stereocenters. The summed E-state index contributed by atoms with van der Waals surface area (Å²) in [7, 11) is 4.31. The minimum absolute atomic E-state index is 0.0368. The van der Waals surface area contributed by atoms with E-state index in [-0.39, 0.29) is 43.9 Å². The number of fused-ring (bicyclic) bond motifs is 3.